The molecule has 7 heteroatoms. The van der Waals surface area contributed by atoms with Crippen molar-refractivity contribution in [1.29, 1.82) is 0 Å². The second kappa shape index (κ2) is 13.7. The molecule has 2 aromatic carbocycles. The molecule has 0 saturated heterocycles. The predicted octanol–water partition coefficient (Wildman–Crippen LogP) is 5.67. The van der Waals surface area contributed by atoms with Gasteiger partial charge in [-0.1, -0.05) is 44.2 Å². The number of benzene rings is 2. The van der Waals surface area contributed by atoms with Crippen molar-refractivity contribution in [2.45, 2.75) is 58.3 Å². The van der Waals surface area contributed by atoms with Gasteiger partial charge in [0.2, 0.25) is 0 Å². The molecule has 0 spiro atoms. The van der Waals surface area contributed by atoms with Gasteiger partial charge in [-0.25, -0.2) is 4.39 Å². The molecule has 0 aliphatic carbocycles. The molecule has 0 aliphatic rings. The third-order valence-electron chi connectivity index (χ3n) is 5.78. The van der Waals surface area contributed by atoms with Crippen molar-refractivity contribution >= 4 is 12.0 Å². The molecule has 37 heavy (non-hydrogen) atoms. The van der Waals surface area contributed by atoms with Gasteiger partial charge in [0.15, 0.2) is 0 Å². The Bertz CT molecular complexity index is 1180. The summed E-state index contributed by atoms with van der Waals surface area (Å²) >= 11 is 0. The van der Waals surface area contributed by atoms with Crippen molar-refractivity contribution in [1.82, 2.24) is 4.98 Å². The Morgan fingerprint density at radius 1 is 1.11 bits per heavy atom. The number of carbonyl (C=O) groups excluding carboxylic acids is 1. The van der Waals surface area contributed by atoms with E-state index in [0.29, 0.717) is 12.4 Å². The van der Waals surface area contributed by atoms with Crippen molar-refractivity contribution in [2.75, 3.05) is 6.61 Å². The highest BCUT2D eigenvalue weighted by Gasteiger charge is 2.17. The Kier molecular flexibility index (Phi) is 10.4. The van der Waals surface area contributed by atoms with Gasteiger partial charge in [-0.3, -0.25) is 9.78 Å². The SMILES string of the molecule is CCOC(=O)CC(O)CC(O)C=Cc1c(-c2ccc(F)cc2)cc(OCc2ccccn2)cc1C(C)C. The zero-order valence-corrected chi connectivity index (χ0v) is 21.4. The first-order chi connectivity index (χ1) is 17.8. The average Bonchev–Trinajstić information content (AvgIpc) is 2.87. The van der Waals surface area contributed by atoms with Crippen molar-refractivity contribution in [3.05, 3.63) is 89.5 Å². The van der Waals surface area contributed by atoms with Gasteiger partial charge in [0.1, 0.15) is 18.2 Å². The third kappa shape index (κ3) is 8.51. The maximum atomic E-state index is 13.7. The normalized spacial score (nSPS) is 13.1. The topological polar surface area (TPSA) is 88.9 Å². The summed E-state index contributed by atoms with van der Waals surface area (Å²) in [6.45, 7) is 6.35. The molecule has 0 aliphatic heterocycles. The Balaban J connectivity index is 1.92. The van der Waals surface area contributed by atoms with Crippen LogP contribution in [0, 0.1) is 5.82 Å². The van der Waals surface area contributed by atoms with E-state index >= 15 is 0 Å². The number of ether oxygens (including phenoxy) is 2. The molecule has 3 rings (SSSR count). The molecule has 2 N–H and O–H groups in total. The molecule has 0 fully saturated rings. The molecule has 3 aromatic rings. The van der Waals surface area contributed by atoms with Crippen LogP contribution >= 0.6 is 0 Å². The Labute approximate surface area is 217 Å². The molecule has 2 unspecified atom stereocenters. The molecule has 1 aromatic heterocycles. The van der Waals surface area contributed by atoms with E-state index in [9.17, 15) is 19.4 Å². The lowest BCUT2D eigenvalue weighted by atomic mass is 9.89. The first-order valence-electron chi connectivity index (χ1n) is 12.4. The fourth-order valence-electron chi connectivity index (χ4n) is 3.96. The van der Waals surface area contributed by atoms with Gasteiger partial charge >= 0.3 is 5.97 Å². The number of hydrogen-bond donors (Lipinski definition) is 2. The molecular formula is C30H34FNO5. The van der Waals surface area contributed by atoms with Crippen molar-refractivity contribution in [3.63, 3.8) is 0 Å². The minimum atomic E-state index is -1.03. The average molecular weight is 508 g/mol. The van der Waals surface area contributed by atoms with Crippen LogP contribution < -0.4 is 4.74 Å². The zero-order valence-electron chi connectivity index (χ0n) is 21.4. The highest BCUT2D eigenvalue weighted by Crippen LogP contribution is 2.36. The Morgan fingerprint density at radius 3 is 2.51 bits per heavy atom. The van der Waals surface area contributed by atoms with E-state index in [4.69, 9.17) is 9.47 Å². The summed E-state index contributed by atoms with van der Waals surface area (Å²) in [5.74, 6) is -0.0771. The van der Waals surface area contributed by atoms with Gasteiger partial charge in [-0.05, 0) is 71.5 Å². The van der Waals surface area contributed by atoms with Crippen LogP contribution in [0.1, 0.15) is 56.4 Å². The smallest absolute Gasteiger partial charge is 0.308 e. The zero-order chi connectivity index (χ0) is 26.8. The molecule has 6 nitrogen and oxygen atoms in total. The third-order valence-corrected chi connectivity index (χ3v) is 5.78. The van der Waals surface area contributed by atoms with Gasteiger partial charge < -0.3 is 19.7 Å². The number of aliphatic hydroxyl groups is 2. The highest BCUT2D eigenvalue weighted by atomic mass is 19.1. The summed E-state index contributed by atoms with van der Waals surface area (Å²) in [6, 6.07) is 15.7. The van der Waals surface area contributed by atoms with Crippen LogP contribution in [-0.2, 0) is 16.1 Å². The van der Waals surface area contributed by atoms with E-state index in [1.54, 1.807) is 37.4 Å². The maximum absolute atomic E-state index is 13.7. The number of aliphatic hydroxyl groups excluding tert-OH is 2. The monoisotopic (exact) mass is 507 g/mol. The van der Waals surface area contributed by atoms with E-state index in [1.165, 1.54) is 12.1 Å². The lowest BCUT2D eigenvalue weighted by molar-refractivity contribution is -0.145. The van der Waals surface area contributed by atoms with Crippen LogP contribution in [0.25, 0.3) is 17.2 Å². The minimum absolute atomic E-state index is 0.0104. The summed E-state index contributed by atoms with van der Waals surface area (Å²) in [4.78, 5) is 15.9. The second-order valence-electron chi connectivity index (χ2n) is 9.07. The van der Waals surface area contributed by atoms with Crippen molar-refractivity contribution in [2.24, 2.45) is 0 Å². The van der Waals surface area contributed by atoms with Crippen LogP contribution in [0.15, 0.2) is 66.9 Å². The number of nitrogens with zero attached hydrogens (tertiary/aromatic N) is 1. The maximum Gasteiger partial charge on any atom is 0.308 e. The molecular weight excluding hydrogens is 473 g/mol. The fraction of sp³-hybridized carbons (Fsp3) is 0.333. The van der Waals surface area contributed by atoms with Crippen LogP contribution in [0.3, 0.4) is 0 Å². The molecule has 1 heterocycles. The van der Waals surface area contributed by atoms with E-state index in [1.807, 2.05) is 30.3 Å². The quantitative estimate of drug-likeness (QED) is 0.307. The van der Waals surface area contributed by atoms with E-state index in [-0.39, 0.29) is 31.2 Å². The molecule has 2 atom stereocenters. The van der Waals surface area contributed by atoms with Crippen molar-refractivity contribution in [3.8, 4) is 16.9 Å². The van der Waals surface area contributed by atoms with Crippen LogP contribution in [0.5, 0.6) is 5.75 Å². The molecule has 0 saturated carbocycles. The van der Waals surface area contributed by atoms with Gasteiger partial charge in [-0.15, -0.1) is 0 Å². The number of aromatic nitrogens is 1. The number of pyridine rings is 1. The number of carbonyl (C=O) groups is 1. The first kappa shape index (κ1) is 28.0. The molecule has 0 amide bonds. The standard InChI is InChI=1S/C30H34FNO5/c1-4-36-30(35)16-25(34)15-24(33)12-13-27-28(20(2)3)17-26(37-19-23-7-5-6-14-32-23)18-29(27)21-8-10-22(31)11-9-21/h5-14,17-18,20,24-25,33-34H,4,15-16,19H2,1-3H3. The van der Waals surface area contributed by atoms with E-state index in [2.05, 4.69) is 18.8 Å². The van der Waals surface area contributed by atoms with Crippen LogP contribution in [0.4, 0.5) is 4.39 Å². The van der Waals surface area contributed by atoms with E-state index < -0.39 is 18.2 Å². The van der Waals surface area contributed by atoms with Crippen LogP contribution in [-0.4, -0.2) is 40.0 Å². The minimum Gasteiger partial charge on any atom is -0.487 e. The summed E-state index contributed by atoms with van der Waals surface area (Å²) in [5.41, 5.74) is 4.24. The lowest BCUT2D eigenvalue weighted by Crippen LogP contribution is -2.20. The number of rotatable bonds is 12. The summed E-state index contributed by atoms with van der Waals surface area (Å²) < 4.78 is 24.6. The number of halogens is 1. The first-order valence-corrected chi connectivity index (χ1v) is 12.4. The highest BCUT2D eigenvalue weighted by molar-refractivity contribution is 5.79. The largest absolute Gasteiger partial charge is 0.487 e. The molecule has 0 radical (unpaired) electrons. The van der Waals surface area contributed by atoms with Gasteiger partial charge in [0.05, 0.1) is 30.9 Å². The van der Waals surface area contributed by atoms with Crippen LogP contribution in [0.2, 0.25) is 0 Å². The summed E-state index contributed by atoms with van der Waals surface area (Å²) in [6.07, 6.45) is 2.91. The molecule has 196 valence electrons. The number of esters is 1. The summed E-state index contributed by atoms with van der Waals surface area (Å²) in [7, 11) is 0. The summed E-state index contributed by atoms with van der Waals surface area (Å²) in [5, 5.41) is 20.7. The Morgan fingerprint density at radius 2 is 1.86 bits per heavy atom. The molecule has 0 bridgehead atoms. The second-order valence-corrected chi connectivity index (χ2v) is 9.07. The van der Waals surface area contributed by atoms with Crippen molar-refractivity contribution < 1.29 is 28.9 Å². The van der Waals surface area contributed by atoms with Gasteiger partial charge in [0.25, 0.3) is 0 Å². The number of hydrogen-bond acceptors (Lipinski definition) is 6. The van der Waals surface area contributed by atoms with Gasteiger partial charge in [0, 0.05) is 12.6 Å². The predicted molar refractivity (Wildman–Crippen MR) is 141 cm³/mol. The van der Waals surface area contributed by atoms with E-state index in [0.717, 1.165) is 27.9 Å². The lowest BCUT2D eigenvalue weighted by Gasteiger charge is -2.19. The Hall–Kier alpha value is -3.55. The fourth-order valence-corrected chi connectivity index (χ4v) is 3.96. The van der Waals surface area contributed by atoms with Gasteiger partial charge in [-0.2, -0.15) is 0 Å².